The first-order valence-electron chi connectivity index (χ1n) is 9.80. The molecular formula is C23H26N4. The quantitative estimate of drug-likeness (QED) is 0.680. The molecule has 3 aromatic rings. The fourth-order valence-corrected chi connectivity index (χ4v) is 3.73. The summed E-state index contributed by atoms with van der Waals surface area (Å²) in [4.78, 5) is 2.55. The van der Waals surface area contributed by atoms with Crippen molar-refractivity contribution in [2.45, 2.75) is 38.8 Å². The Bertz CT molecular complexity index is 946. The molecule has 0 radical (unpaired) electrons. The zero-order chi connectivity index (χ0) is 18.5. The number of hydrogen-bond donors (Lipinski definition) is 2. The van der Waals surface area contributed by atoms with E-state index in [1.807, 2.05) is 6.20 Å². The van der Waals surface area contributed by atoms with Crippen LogP contribution in [0.5, 0.6) is 0 Å². The van der Waals surface area contributed by atoms with E-state index in [9.17, 15) is 0 Å². The van der Waals surface area contributed by atoms with Gasteiger partial charge in [-0.2, -0.15) is 5.10 Å². The lowest BCUT2D eigenvalue weighted by molar-refractivity contribution is 0.208. The second kappa shape index (κ2) is 8.28. The van der Waals surface area contributed by atoms with Gasteiger partial charge in [0.05, 0.1) is 11.7 Å². The van der Waals surface area contributed by atoms with Crippen LogP contribution in [0.3, 0.4) is 0 Å². The van der Waals surface area contributed by atoms with Crippen LogP contribution in [0.2, 0.25) is 0 Å². The number of piperidine rings is 1. The van der Waals surface area contributed by atoms with Crippen LogP contribution in [0.25, 0.3) is 10.9 Å². The Morgan fingerprint density at radius 1 is 1.22 bits per heavy atom. The van der Waals surface area contributed by atoms with Gasteiger partial charge in [-0.3, -0.25) is 10.00 Å². The van der Waals surface area contributed by atoms with Crippen LogP contribution in [0.1, 0.15) is 37.3 Å². The van der Waals surface area contributed by atoms with E-state index in [0.29, 0.717) is 6.04 Å². The first-order valence-corrected chi connectivity index (χ1v) is 9.80. The molecule has 2 aromatic carbocycles. The molecule has 4 heteroatoms. The zero-order valence-electron chi connectivity index (χ0n) is 15.8. The molecule has 1 aliphatic rings. The van der Waals surface area contributed by atoms with E-state index in [-0.39, 0.29) is 0 Å². The van der Waals surface area contributed by atoms with Crippen molar-refractivity contribution in [2.75, 3.05) is 18.4 Å². The largest absolute Gasteiger partial charge is 0.381 e. The Morgan fingerprint density at radius 2 is 2.11 bits per heavy atom. The molecule has 4 nitrogen and oxygen atoms in total. The Hall–Kier alpha value is -2.77. The van der Waals surface area contributed by atoms with Gasteiger partial charge in [0.2, 0.25) is 0 Å². The van der Waals surface area contributed by atoms with Gasteiger partial charge >= 0.3 is 0 Å². The van der Waals surface area contributed by atoms with Crippen molar-refractivity contribution >= 4 is 16.6 Å². The third-order valence-electron chi connectivity index (χ3n) is 5.09. The second-order valence-electron chi connectivity index (χ2n) is 7.24. The van der Waals surface area contributed by atoms with Gasteiger partial charge in [-0.1, -0.05) is 30.9 Å². The highest BCUT2D eigenvalue weighted by atomic mass is 15.2. The average Bonchev–Trinajstić information content (AvgIpc) is 3.16. The van der Waals surface area contributed by atoms with Crippen LogP contribution >= 0.6 is 0 Å². The topological polar surface area (TPSA) is 44.0 Å². The molecule has 2 heterocycles. The molecule has 1 unspecified atom stereocenters. The molecule has 0 amide bonds. The number of hydrogen-bond acceptors (Lipinski definition) is 3. The summed E-state index contributed by atoms with van der Waals surface area (Å²) in [6.07, 6.45) is 5.22. The minimum Gasteiger partial charge on any atom is -0.381 e. The SMILES string of the molecule is CCC#Cc1ccc(CN2CCCC(Nc3ccc4[nH]ncc4c3)C2)cc1. The molecule has 1 aromatic heterocycles. The Kier molecular flexibility index (Phi) is 5.41. The number of H-pyrrole nitrogens is 1. The molecule has 1 atom stereocenters. The zero-order valence-corrected chi connectivity index (χ0v) is 15.8. The highest BCUT2D eigenvalue weighted by Crippen LogP contribution is 2.21. The number of fused-ring (bicyclic) bond motifs is 1. The number of nitrogens with one attached hydrogen (secondary N) is 2. The van der Waals surface area contributed by atoms with Crippen molar-refractivity contribution in [2.24, 2.45) is 0 Å². The van der Waals surface area contributed by atoms with Gasteiger partial charge in [-0.05, 0) is 55.3 Å². The molecule has 4 rings (SSSR count). The van der Waals surface area contributed by atoms with Gasteiger partial charge in [0.1, 0.15) is 0 Å². The van der Waals surface area contributed by atoms with Crippen LogP contribution in [0, 0.1) is 11.8 Å². The van der Waals surface area contributed by atoms with Crippen LogP contribution in [0.4, 0.5) is 5.69 Å². The highest BCUT2D eigenvalue weighted by molar-refractivity contribution is 5.81. The minimum absolute atomic E-state index is 0.484. The lowest BCUT2D eigenvalue weighted by Crippen LogP contribution is -2.41. The molecular weight excluding hydrogens is 332 g/mol. The normalized spacial score (nSPS) is 17.4. The fourth-order valence-electron chi connectivity index (χ4n) is 3.73. The lowest BCUT2D eigenvalue weighted by Gasteiger charge is -2.33. The fraction of sp³-hybridized carbons (Fsp3) is 0.348. The maximum Gasteiger partial charge on any atom is 0.0651 e. The maximum atomic E-state index is 4.10. The molecule has 2 N–H and O–H groups in total. The molecule has 0 aliphatic carbocycles. The first kappa shape index (κ1) is 17.6. The van der Waals surface area contributed by atoms with E-state index in [0.717, 1.165) is 42.5 Å². The molecule has 1 aliphatic heterocycles. The molecule has 0 saturated carbocycles. The van der Waals surface area contributed by atoms with Gasteiger partial charge in [0.15, 0.2) is 0 Å². The van der Waals surface area contributed by atoms with Crippen molar-refractivity contribution in [1.82, 2.24) is 15.1 Å². The predicted molar refractivity (Wildman–Crippen MR) is 112 cm³/mol. The highest BCUT2D eigenvalue weighted by Gasteiger charge is 2.20. The third-order valence-corrected chi connectivity index (χ3v) is 5.09. The van der Waals surface area contributed by atoms with Crippen molar-refractivity contribution < 1.29 is 0 Å². The summed E-state index contributed by atoms with van der Waals surface area (Å²) < 4.78 is 0. The number of likely N-dealkylation sites (tertiary alicyclic amines) is 1. The molecule has 138 valence electrons. The minimum atomic E-state index is 0.484. The summed E-state index contributed by atoms with van der Waals surface area (Å²) in [6.45, 7) is 5.31. The summed E-state index contributed by atoms with van der Waals surface area (Å²) >= 11 is 0. The van der Waals surface area contributed by atoms with E-state index >= 15 is 0 Å². The number of benzene rings is 2. The van der Waals surface area contributed by atoms with E-state index in [1.54, 1.807) is 0 Å². The molecule has 0 spiro atoms. The maximum absolute atomic E-state index is 4.10. The Morgan fingerprint density at radius 3 is 2.96 bits per heavy atom. The van der Waals surface area contributed by atoms with Gasteiger partial charge in [0.25, 0.3) is 0 Å². The van der Waals surface area contributed by atoms with Crippen LogP contribution in [-0.2, 0) is 6.54 Å². The number of rotatable bonds is 4. The summed E-state index contributed by atoms with van der Waals surface area (Å²) in [5, 5.41) is 12.0. The molecule has 1 saturated heterocycles. The second-order valence-corrected chi connectivity index (χ2v) is 7.24. The van der Waals surface area contributed by atoms with E-state index in [4.69, 9.17) is 0 Å². The van der Waals surface area contributed by atoms with Crippen LogP contribution < -0.4 is 5.32 Å². The first-order chi connectivity index (χ1) is 13.3. The summed E-state index contributed by atoms with van der Waals surface area (Å²) in [5.41, 5.74) is 4.72. The van der Waals surface area contributed by atoms with Crippen LogP contribution in [0.15, 0.2) is 48.7 Å². The number of aromatic amines is 1. The van der Waals surface area contributed by atoms with E-state index in [2.05, 4.69) is 81.6 Å². The molecule has 27 heavy (non-hydrogen) atoms. The predicted octanol–water partition coefficient (Wildman–Crippen LogP) is 4.40. The van der Waals surface area contributed by atoms with E-state index in [1.165, 1.54) is 24.1 Å². The van der Waals surface area contributed by atoms with Crippen molar-refractivity contribution in [1.29, 1.82) is 0 Å². The monoisotopic (exact) mass is 358 g/mol. The number of nitrogens with zero attached hydrogens (tertiary/aromatic N) is 2. The number of anilines is 1. The standard InChI is InChI=1S/C23H26N4/c1-2-3-5-18-7-9-19(10-8-18)16-27-13-4-6-22(17-27)25-21-11-12-23-20(14-21)15-24-26-23/h7-12,14-15,22,25H,2,4,6,13,16-17H2,1H3,(H,24,26). The summed E-state index contributed by atoms with van der Waals surface area (Å²) in [7, 11) is 0. The molecule has 1 fully saturated rings. The lowest BCUT2D eigenvalue weighted by atomic mass is 10.0. The third kappa shape index (κ3) is 4.50. The Balaban J connectivity index is 1.36. The summed E-state index contributed by atoms with van der Waals surface area (Å²) in [6, 6.07) is 15.6. The van der Waals surface area contributed by atoms with Crippen molar-refractivity contribution in [3.05, 3.63) is 59.8 Å². The van der Waals surface area contributed by atoms with Gasteiger partial charge in [0, 0.05) is 42.2 Å². The van der Waals surface area contributed by atoms with Gasteiger partial charge < -0.3 is 5.32 Å². The van der Waals surface area contributed by atoms with Gasteiger partial charge in [-0.25, -0.2) is 0 Å². The van der Waals surface area contributed by atoms with Crippen molar-refractivity contribution in [3.8, 4) is 11.8 Å². The van der Waals surface area contributed by atoms with Crippen LogP contribution in [-0.4, -0.2) is 34.2 Å². The molecule has 0 bridgehead atoms. The smallest absolute Gasteiger partial charge is 0.0651 e. The van der Waals surface area contributed by atoms with Crippen molar-refractivity contribution in [3.63, 3.8) is 0 Å². The van der Waals surface area contributed by atoms with E-state index < -0.39 is 0 Å². The number of aromatic nitrogens is 2. The average molecular weight is 358 g/mol. The Labute approximate surface area is 161 Å². The summed E-state index contributed by atoms with van der Waals surface area (Å²) in [5.74, 6) is 6.32. The van der Waals surface area contributed by atoms with Gasteiger partial charge in [-0.15, -0.1) is 0 Å².